The van der Waals surface area contributed by atoms with Crippen molar-refractivity contribution in [3.05, 3.63) is 0 Å². The van der Waals surface area contributed by atoms with Crippen molar-refractivity contribution in [2.24, 2.45) is 11.7 Å². The van der Waals surface area contributed by atoms with Crippen LogP contribution in [0.15, 0.2) is 0 Å². The Balaban J connectivity index is 4.48. The molecule has 0 aromatic carbocycles. The molecule has 3 atom stereocenters. The molecule has 0 bridgehead atoms. The third-order valence-corrected chi connectivity index (χ3v) is 2.94. The van der Waals surface area contributed by atoms with Crippen LogP contribution in [0.3, 0.4) is 0 Å². The first-order valence-corrected chi connectivity index (χ1v) is 6.10. The quantitative estimate of drug-likeness (QED) is 0.602. The fraction of sp³-hybridized carbons (Fsp3) is 0.833. The van der Waals surface area contributed by atoms with Crippen molar-refractivity contribution in [2.45, 2.75) is 38.8 Å². The van der Waals surface area contributed by atoms with Gasteiger partial charge in [-0.3, -0.25) is 4.79 Å². The molecule has 0 rings (SSSR count). The zero-order valence-corrected chi connectivity index (χ0v) is 11.6. The van der Waals surface area contributed by atoms with Crippen LogP contribution in [0.2, 0.25) is 0 Å². The second-order valence-electron chi connectivity index (χ2n) is 4.28. The van der Waals surface area contributed by atoms with Gasteiger partial charge in [-0.2, -0.15) is 0 Å². The lowest BCUT2D eigenvalue weighted by Crippen LogP contribution is -2.51. The number of hydrogen-bond donors (Lipinski definition) is 2. The number of nitrogens with two attached hydrogens (primary N) is 1. The van der Waals surface area contributed by atoms with E-state index in [4.69, 9.17) is 10.5 Å². The van der Waals surface area contributed by atoms with Crippen LogP contribution in [-0.4, -0.2) is 44.8 Å². The first kappa shape index (κ1) is 16.9. The van der Waals surface area contributed by atoms with Gasteiger partial charge in [0.05, 0.1) is 13.2 Å². The van der Waals surface area contributed by atoms with Gasteiger partial charge < -0.3 is 20.5 Å². The summed E-state index contributed by atoms with van der Waals surface area (Å²) in [5.41, 5.74) is 5.69. The number of ether oxygens (including phenoxy) is 2. The smallest absolute Gasteiger partial charge is 0.328 e. The van der Waals surface area contributed by atoms with Gasteiger partial charge in [-0.15, -0.1) is 0 Å². The predicted octanol–water partition coefficient (Wildman–Crippen LogP) is 0.0541. The number of amides is 1. The van der Waals surface area contributed by atoms with Gasteiger partial charge in [-0.05, 0) is 12.3 Å². The number of esters is 1. The number of carbonyl (C=O) groups is 2. The minimum absolute atomic E-state index is 0.00368. The highest BCUT2D eigenvalue weighted by atomic mass is 16.5. The van der Waals surface area contributed by atoms with Crippen LogP contribution in [-0.2, 0) is 19.1 Å². The number of carbonyl (C=O) groups excluding carboxylic acids is 2. The average Bonchev–Trinajstić information content (AvgIpc) is 2.39. The Labute approximate surface area is 108 Å². The van der Waals surface area contributed by atoms with Gasteiger partial charge in [0.2, 0.25) is 5.91 Å². The molecule has 18 heavy (non-hydrogen) atoms. The van der Waals surface area contributed by atoms with E-state index in [1.807, 2.05) is 13.8 Å². The van der Waals surface area contributed by atoms with Crippen LogP contribution >= 0.6 is 0 Å². The Morgan fingerprint density at radius 3 is 2.39 bits per heavy atom. The number of rotatable bonds is 8. The van der Waals surface area contributed by atoms with Crippen molar-refractivity contribution in [2.75, 3.05) is 20.8 Å². The SMILES string of the molecule is CCC(C)C(NC(=O)C(N)CCOC)C(=O)OC. The second-order valence-corrected chi connectivity index (χ2v) is 4.28. The van der Waals surface area contributed by atoms with Crippen molar-refractivity contribution in [3.8, 4) is 0 Å². The molecule has 0 aromatic heterocycles. The first-order valence-electron chi connectivity index (χ1n) is 6.10. The van der Waals surface area contributed by atoms with E-state index in [0.29, 0.717) is 13.0 Å². The standard InChI is InChI=1S/C12H24N2O4/c1-5-8(2)10(12(16)18-4)14-11(15)9(13)6-7-17-3/h8-10H,5-7,13H2,1-4H3,(H,14,15). The Morgan fingerprint density at radius 2 is 1.94 bits per heavy atom. The van der Waals surface area contributed by atoms with E-state index in [0.717, 1.165) is 6.42 Å². The molecule has 0 aliphatic heterocycles. The van der Waals surface area contributed by atoms with E-state index < -0.39 is 18.1 Å². The summed E-state index contributed by atoms with van der Waals surface area (Å²) in [6, 6.07) is -1.33. The molecule has 1 amide bonds. The summed E-state index contributed by atoms with van der Waals surface area (Å²) in [6.45, 7) is 4.22. The molecular formula is C12H24N2O4. The third kappa shape index (κ3) is 5.46. The van der Waals surface area contributed by atoms with E-state index in [9.17, 15) is 9.59 Å². The minimum Gasteiger partial charge on any atom is -0.467 e. The fourth-order valence-corrected chi connectivity index (χ4v) is 1.43. The maximum atomic E-state index is 11.8. The lowest BCUT2D eigenvalue weighted by molar-refractivity contribution is -0.146. The predicted molar refractivity (Wildman–Crippen MR) is 67.9 cm³/mol. The van der Waals surface area contributed by atoms with Gasteiger partial charge >= 0.3 is 5.97 Å². The third-order valence-electron chi connectivity index (χ3n) is 2.94. The summed E-state index contributed by atoms with van der Waals surface area (Å²) in [6.07, 6.45) is 1.17. The number of hydrogen-bond acceptors (Lipinski definition) is 5. The topological polar surface area (TPSA) is 90.7 Å². The molecule has 0 saturated carbocycles. The maximum Gasteiger partial charge on any atom is 0.328 e. The first-order chi connectivity index (χ1) is 8.47. The number of nitrogens with one attached hydrogen (secondary N) is 1. The fourth-order valence-electron chi connectivity index (χ4n) is 1.43. The largest absolute Gasteiger partial charge is 0.467 e. The molecule has 0 heterocycles. The Bertz CT molecular complexity index is 271. The highest BCUT2D eigenvalue weighted by Crippen LogP contribution is 2.09. The van der Waals surface area contributed by atoms with Crippen molar-refractivity contribution < 1.29 is 19.1 Å². The molecular weight excluding hydrogens is 236 g/mol. The van der Waals surface area contributed by atoms with Gasteiger partial charge in [0, 0.05) is 13.7 Å². The molecule has 3 N–H and O–H groups in total. The summed E-state index contributed by atoms with van der Waals surface area (Å²) in [5, 5.41) is 2.63. The number of methoxy groups -OCH3 is 2. The summed E-state index contributed by atoms with van der Waals surface area (Å²) < 4.78 is 9.53. The molecule has 0 radical (unpaired) electrons. The molecule has 6 heteroatoms. The Morgan fingerprint density at radius 1 is 1.33 bits per heavy atom. The average molecular weight is 260 g/mol. The zero-order chi connectivity index (χ0) is 14.1. The van der Waals surface area contributed by atoms with E-state index in [-0.39, 0.29) is 11.8 Å². The molecule has 0 aliphatic carbocycles. The van der Waals surface area contributed by atoms with E-state index in [1.165, 1.54) is 7.11 Å². The highest BCUT2D eigenvalue weighted by Gasteiger charge is 2.28. The van der Waals surface area contributed by atoms with Gasteiger partial charge in [-0.1, -0.05) is 20.3 Å². The molecule has 0 aliphatic rings. The van der Waals surface area contributed by atoms with Crippen LogP contribution < -0.4 is 11.1 Å². The van der Waals surface area contributed by atoms with Gasteiger partial charge in [0.25, 0.3) is 0 Å². The maximum absolute atomic E-state index is 11.8. The Kier molecular flexibility index (Phi) is 8.32. The van der Waals surface area contributed by atoms with Crippen molar-refractivity contribution >= 4 is 11.9 Å². The molecule has 3 unspecified atom stereocenters. The van der Waals surface area contributed by atoms with Crippen LogP contribution in [0.25, 0.3) is 0 Å². The monoisotopic (exact) mass is 260 g/mol. The van der Waals surface area contributed by atoms with Crippen LogP contribution in [0, 0.1) is 5.92 Å². The molecule has 0 spiro atoms. The van der Waals surface area contributed by atoms with Crippen LogP contribution in [0.1, 0.15) is 26.7 Å². The van der Waals surface area contributed by atoms with Gasteiger partial charge in [0.15, 0.2) is 0 Å². The van der Waals surface area contributed by atoms with Crippen molar-refractivity contribution in [1.82, 2.24) is 5.32 Å². The summed E-state index contributed by atoms with van der Waals surface area (Å²) >= 11 is 0. The van der Waals surface area contributed by atoms with Gasteiger partial charge in [0.1, 0.15) is 6.04 Å². The van der Waals surface area contributed by atoms with Crippen molar-refractivity contribution in [3.63, 3.8) is 0 Å². The van der Waals surface area contributed by atoms with E-state index in [2.05, 4.69) is 10.1 Å². The minimum atomic E-state index is -0.679. The van der Waals surface area contributed by atoms with E-state index >= 15 is 0 Å². The van der Waals surface area contributed by atoms with Gasteiger partial charge in [-0.25, -0.2) is 4.79 Å². The van der Waals surface area contributed by atoms with Crippen molar-refractivity contribution in [1.29, 1.82) is 0 Å². The molecule has 6 nitrogen and oxygen atoms in total. The van der Waals surface area contributed by atoms with Crippen LogP contribution in [0.4, 0.5) is 0 Å². The molecule has 106 valence electrons. The Hall–Kier alpha value is -1.14. The molecule has 0 saturated heterocycles. The summed E-state index contributed by atoms with van der Waals surface area (Å²) in [7, 11) is 2.84. The summed E-state index contributed by atoms with van der Waals surface area (Å²) in [5.74, 6) is -0.810. The zero-order valence-electron chi connectivity index (χ0n) is 11.6. The summed E-state index contributed by atoms with van der Waals surface area (Å²) in [4.78, 5) is 23.4. The molecule has 0 fully saturated rings. The normalized spacial score (nSPS) is 15.6. The highest BCUT2D eigenvalue weighted by molar-refractivity contribution is 5.87. The lowest BCUT2D eigenvalue weighted by Gasteiger charge is -2.23. The van der Waals surface area contributed by atoms with E-state index in [1.54, 1.807) is 7.11 Å². The lowest BCUT2D eigenvalue weighted by atomic mass is 9.98. The van der Waals surface area contributed by atoms with Crippen LogP contribution in [0.5, 0.6) is 0 Å². The second kappa shape index (κ2) is 8.88. The molecule has 0 aromatic rings.